The van der Waals surface area contributed by atoms with Crippen LogP contribution in [0.15, 0.2) is 0 Å². The van der Waals surface area contributed by atoms with E-state index in [2.05, 4.69) is 0 Å². The lowest BCUT2D eigenvalue weighted by atomic mass is 10.4. The third kappa shape index (κ3) is 8.31. The van der Waals surface area contributed by atoms with Gasteiger partial charge >= 0.3 is 6.03 Å². The van der Waals surface area contributed by atoms with Crippen LogP contribution in [-0.2, 0) is 9.47 Å². The number of nitrogens with zero attached hydrogens (tertiary/aromatic N) is 2. The first-order valence-electron chi connectivity index (χ1n) is 7.12. The van der Waals surface area contributed by atoms with Gasteiger partial charge in [0.1, 0.15) is 26.9 Å². The van der Waals surface area contributed by atoms with Gasteiger partial charge in [0.05, 0.1) is 0 Å². The Hall–Kier alpha value is -0.890. The minimum absolute atomic E-state index is 0.000787. The van der Waals surface area contributed by atoms with E-state index in [1.165, 1.54) is 0 Å². The smallest absolute Gasteiger partial charge is 0.327 e. The maximum absolute atomic E-state index is 12.0. The topological polar surface area (TPSA) is 82.5 Å². The summed E-state index contributed by atoms with van der Waals surface area (Å²) in [5.74, 6) is 0. The fourth-order valence-corrected chi connectivity index (χ4v) is 1.36. The molecule has 0 spiro atoms. The van der Waals surface area contributed by atoms with Crippen LogP contribution in [0.2, 0.25) is 0 Å². The Balaban J connectivity index is 4.10. The second-order valence-corrected chi connectivity index (χ2v) is 4.43. The largest absolute Gasteiger partial charge is 0.376 e. The van der Waals surface area contributed by atoms with Gasteiger partial charge in [-0.2, -0.15) is 0 Å². The van der Waals surface area contributed by atoms with Crippen molar-refractivity contribution in [2.75, 3.05) is 40.1 Å². The average molecular weight is 292 g/mol. The van der Waals surface area contributed by atoms with E-state index in [-0.39, 0.29) is 13.5 Å². The van der Waals surface area contributed by atoms with Gasteiger partial charge in [-0.3, -0.25) is 9.80 Å². The first-order chi connectivity index (χ1) is 9.71. The summed E-state index contributed by atoms with van der Waals surface area (Å²) < 4.78 is 10.6. The van der Waals surface area contributed by atoms with Crippen LogP contribution in [0.1, 0.15) is 39.5 Å². The fourth-order valence-electron chi connectivity index (χ4n) is 1.36. The van der Waals surface area contributed by atoms with E-state index in [1.54, 1.807) is 0 Å². The highest BCUT2D eigenvalue weighted by Gasteiger charge is 2.19. The monoisotopic (exact) mass is 292 g/mol. The van der Waals surface area contributed by atoms with Crippen LogP contribution >= 0.6 is 0 Å². The maximum Gasteiger partial charge on any atom is 0.327 e. The number of amides is 2. The van der Waals surface area contributed by atoms with Crippen LogP contribution in [-0.4, -0.2) is 66.2 Å². The van der Waals surface area contributed by atoms with Gasteiger partial charge in [-0.25, -0.2) is 4.79 Å². The molecule has 0 unspecified atom stereocenters. The second-order valence-electron chi connectivity index (χ2n) is 4.43. The molecule has 2 amide bonds. The molecule has 0 aromatic heterocycles. The quantitative estimate of drug-likeness (QED) is 0.416. The molecule has 0 fully saturated rings. The molecule has 20 heavy (non-hydrogen) atoms. The van der Waals surface area contributed by atoms with Crippen molar-refractivity contribution >= 4 is 6.03 Å². The van der Waals surface area contributed by atoms with Crippen LogP contribution in [0.25, 0.3) is 0 Å². The summed E-state index contributed by atoms with van der Waals surface area (Å²) in [4.78, 5) is 14.2. The lowest BCUT2D eigenvalue weighted by Gasteiger charge is -2.27. The summed E-state index contributed by atoms with van der Waals surface area (Å²) in [7, 11) is 0. The molecule has 0 aromatic carbocycles. The Morgan fingerprint density at radius 3 is 1.60 bits per heavy atom. The van der Waals surface area contributed by atoms with Crippen molar-refractivity contribution in [2.45, 2.75) is 39.5 Å². The molecule has 0 saturated carbocycles. The lowest BCUT2D eigenvalue weighted by molar-refractivity contribution is -0.0359. The predicted octanol–water partition coefficient (Wildman–Crippen LogP) is 1.16. The summed E-state index contributed by atoms with van der Waals surface area (Å²) in [5.41, 5.74) is 0. The molecule has 7 heteroatoms. The number of hydrogen-bond acceptors (Lipinski definition) is 5. The Morgan fingerprint density at radius 1 is 0.900 bits per heavy atom. The molecule has 0 rings (SSSR count). The minimum Gasteiger partial charge on any atom is -0.376 e. The number of carbonyl (C=O) groups is 1. The molecular weight excluding hydrogens is 264 g/mol. The number of carbonyl (C=O) groups excluding carboxylic acids is 1. The molecule has 0 aliphatic heterocycles. The third-order valence-electron chi connectivity index (χ3n) is 2.66. The van der Waals surface area contributed by atoms with E-state index >= 15 is 0 Å². The Labute approximate surface area is 121 Å². The van der Waals surface area contributed by atoms with Gasteiger partial charge in [-0.05, 0) is 12.8 Å². The van der Waals surface area contributed by atoms with E-state index in [0.717, 1.165) is 35.5 Å². The van der Waals surface area contributed by atoms with Crippen molar-refractivity contribution in [3.05, 3.63) is 0 Å². The zero-order valence-electron chi connectivity index (χ0n) is 12.6. The molecular formula is C13H28N2O5. The van der Waals surface area contributed by atoms with Crippen molar-refractivity contribution in [3.63, 3.8) is 0 Å². The van der Waals surface area contributed by atoms with Gasteiger partial charge in [-0.15, -0.1) is 0 Å². The number of rotatable bonds is 12. The molecule has 0 atom stereocenters. The molecule has 0 bridgehead atoms. The zero-order valence-corrected chi connectivity index (χ0v) is 12.6. The van der Waals surface area contributed by atoms with Crippen molar-refractivity contribution < 1.29 is 24.5 Å². The third-order valence-corrected chi connectivity index (χ3v) is 2.66. The number of unbranched alkanes of at least 4 members (excludes halogenated alkanes) is 2. The Morgan fingerprint density at radius 2 is 1.30 bits per heavy atom. The Bertz CT molecular complexity index is 219. The average Bonchev–Trinajstić information content (AvgIpc) is 2.47. The number of hydrogen-bond donors (Lipinski definition) is 2. The first-order valence-corrected chi connectivity index (χ1v) is 7.12. The minimum atomic E-state index is -0.511. The molecule has 0 aliphatic rings. The number of aliphatic hydroxyl groups is 2. The molecule has 7 nitrogen and oxygen atoms in total. The van der Waals surface area contributed by atoms with Gasteiger partial charge in [0.15, 0.2) is 0 Å². The lowest BCUT2D eigenvalue weighted by Crippen LogP contribution is -2.46. The van der Waals surface area contributed by atoms with Gasteiger partial charge in [0.25, 0.3) is 0 Å². The van der Waals surface area contributed by atoms with Crippen LogP contribution in [0.3, 0.4) is 0 Å². The molecule has 0 saturated heterocycles. The van der Waals surface area contributed by atoms with Gasteiger partial charge in [-0.1, -0.05) is 26.7 Å². The highest BCUT2D eigenvalue weighted by Crippen LogP contribution is 2.00. The summed E-state index contributed by atoms with van der Waals surface area (Å²) >= 11 is 0. The Kier molecular flexibility index (Phi) is 12.5. The SMILES string of the molecule is CCCCOCN(CO)C(=O)N(CO)COCCCC. The van der Waals surface area contributed by atoms with E-state index in [1.807, 2.05) is 13.8 Å². The molecule has 0 aliphatic carbocycles. The summed E-state index contributed by atoms with van der Waals surface area (Å²) in [6.07, 6.45) is 3.80. The van der Waals surface area contributed by atoms with Crippen molar-refractivity contribution in [3.8, 4) is 0 Å². The van der Waals surface area contributed by atoms with E-state index in [0.29, 0.717) is 13.2 Å². The highest BCUT2D eigenvalue weighted by atomic mass is 16.5. The fraction of sp³-hybridized carbons (Fsp3) is 0.923. The maximum atomic E-state index is 12.0. The molecule has 0 aromatic rings. The van der Waals surface area contributed by atoms with Gasteiger partial charge in [0, 0.05) is 13.2 Å². The van der Waals surface area contributed by atoms with Gasteiger partial charge < -0.3 is 19.7 Å². The molecule has 2 N–H and O–H groups in total. The van der Waals surface area contributed by atoms with Crippen LogP contribution in [0.5, 0.6) is 0 Å². The van der Waals surface area contributed by atoms with E-state index in [9.17, 15) is 15.0 Å². The van der Waals surface area contributed by atoms with E-state index < -0.39 is 19.5 Å². The molecule has 0 radical (unpaired) electrons. The van der Waals surface area contributed by atoms with Crippen LogP contribution in [0, 0.1) is 0 Å². The number of ether oxygens (including phenoxy) is 2. The molecule has 120 valence electrons. The zero-order chi connectivity index (χ0) is 15.2. The first kappa shape index (κ1) is 19.1. The predicted molar refractivity (Wildman–Crippen MR) is 74.7 cm³/mol. The van der Waals surface area contributed by atoms with Crippen LogP contribution in [0.4, 0.5) is 4.79 Å². The van der Waals surface area contributed by atoms with E-state index in [4.69, 9.17) is 9.47 Å². The summed E-state index contributed by atoms with van der Waals surface area (Å²) in [5, 5.41) is 18.4. The normalized spacial score (nSPS) is 10.6. The standard InChI is InChI=1S/C13H28N2O5/c1-3-5-7-19-11-14(9-16)13(18)15(10-17)12-20-8-6-4-2/h16-17H,3-12H2,1-2H3. The second kappa shape index (κ2) is 13.1. The van der Waals surface area contributed by atoms with Crippen molar-refractivity contribution in [2.24, 2.45) is 0 Å². The summed E-state index contributed by atoms with van der Waals surface area (Å²) in [6.45, 7) is 4.23. The summed E-state index contributed by atoms with van der Waals surface area (Å²) in [6, 6.07) is -0.511. The van der Waals surface area contributed by atoms with Crippen molar-refractivity contribution in [1.29, 1.82) is 0 Å². The molecule has 0 heterocycles. The number of urea groups is 1. The van der Waals surface area contributed by atoms with Crippen molar-refractivity contribution in [1.82, 2.24) is 9.80 Å². The van der Waals surface area contributed by atoms with Crippen LogP contribution < -0.4 is 0 Å². The number of aliphatic hydroxyl groups excluding tert-OH is 2. The highest BCUT2D eigenvalue weighted by molar-refractivity contribution is 5.73. The van der Waals surface area contributed by atoms with Gasteiger partial charge in [0.2, 0.25) is 0 Å².